The SMILES string of the molecule is CCCCNC(=O)[C@H](Cc1ccccc1)N(Cc1cccc(Br)c1)C(=O)CN(c1ccccc1Cl)S(C)(=O)=O. The molecular weight excluding hydrogens is 602 g/mol. The molecular formula is C29H33BrClN3O4S. The standard InChI is InChI=1S/C29H33BrClN3O4S/c1-3-4-17-32-29(36)27(19-22-11-6-5-7-12-22)33(20-23-13-10-14-24(30)18-23)28(35)21-34(39(2,37)38)26-16-9-8-15-25(26)31/h5-16,18,27H,3-4,17,19-21H2,1-2H3,(H,32,36)/t27-/m0/s1. The van der Waals surface area contributed by atoms with Crippen LogP contribution in [0.2, 0.25) is 5.02 Å². The van der Waals surface area contributed by atoms with Gasteiger partial charge in [-0.25, -0.2) is 8.42 Å². The third kappa shape index (κ3) is 9.08. The molecule has 0 heterocycles. The van der Waals surface area contributed by atoms with E-state index in [0.29, 0.717) is 6.54 Å². The largest absolute Gasteiger partial charge is 0.354 e. The first kappa shape index (κ1) is 30.7. The summed E-state index contributed by atoms with van der Waals surface area (Å²) in [7, 11) is -3.88. The predicted octanol–water partition coefficient (Wildman–Crippen LogP) is 5.42. The third-order valence-electron chi connectivity index (χ3n) is 6.14. The molecule has 3 aromatic carbocycles. The summed E-state index contributed by atoms with van der Waals surface area (Å²) in [4.78, 5) is 29.1. The molecule has 0 bridgehead atoms. The molecule has 3 aromatic rings. The Kier molecular flexibility index (Phi) is 11.4. The zero-order valence-electron chi connectivity index (χ0n) is 22.0. The van der Waals surface area contributed by atoms with Gasteiger partial charge in [0.05, 0.1) is 17.0 Å². The zero-order chi connectivity index (χ0) is 28.4. The lowest BCUT2D eigenvalue weighted by molar-refractivity contribution is -0.140. The lowest BCUT2D eigenvalue weighted by Crippen LogP contribution is -2.53. The van der Waals surface area contributed by atoms with Crippen molar-refractivity contribution >= 4 is 55.1 Å². The maximum absolute atomic E-state index is 14.0. The first-order valence-electron chi connectivity index (χ1n) is 12.7. The number of carbonyl (C=O) groups is 2. The maximum atomic E-state index is 14.0. The number of para-hydroxylation sites is 1. The quantitative estimate of drug-likeness (QED) is 0.254. The molecule has 10 heteroatoms. The van der Waals surface area contributed by atoms with Gasteiger partial charge >= 0.3 is 0 Å². The summed E-state index contributed by atoms with van der Waals surface area (Å²) in [6, 6.07) is 22.5. The van der Waals surface area contributed by atoms with Crippen molar-refractivity contribution in [2.75, 3.05) is 23.7 Å². The van der Waals surface area contributed by atoms with Gasteiger partial charge in [0, 0.05) is 24.0 Å². The van der Waals surface area contributed by atoms with Gasteiger partial charge < -0.3 is 10.2 Å². The summed E-state index contributed by atoms with van der Waals surface area (Å²) in [6.07, 6.45) is 3.01. The van der Waals surface area contributed by atoms with Crippen LogP contribution in [-0.2, 0) is 32.6 Å². The van der Waals surface area contributed by atoms with Crippen LogP contribution in [0.5, 0.6) is 0 Å². The fourth-order valence-electron chi connectivity index (χ4n) is 4.14. The molecule has 208 valence electrons. The minimum Gasteiger partial charge on any atom is -0.354 e. The molecule has 7 nitrogen and oxygen atoms in total. The molecule has 0 saturated carbocycles. The van der Waals surface area contributed by atoms with E-state index < -0.39 is 28.5 Å². The minimum absolute atomic E-state index is 0.108. The monoisotopic (exact) mass is 633 g/mol. The molecule has 0 aromatic heterocycles. The Bertz CT molecular complexity index is 1370. The summed E-state index contributed by atoms with van der Waals surface area (Å²) < 4.78 is 27.5. The Balaban J connectivity index is 2.04. The number of sulfonamides is 1. The highest BCUT2D eigenvalue weighted by molar-refractivity contribution is 9.10. The van der Waals surface area contributed by atoms with Crippen molar-refractivity contribution in [3.05, 3.63) is 99.5 Å². The van der Waals surface area contributed by atoms with E-state index in [9.17, 15) is 18.0 Å². The Labute approximate surface area is 244 Å². The van der Waals surface area contributed by atoms with E-state index in [1.807, 2.05) is 61.5 Å². The summed E-state index contributed by atoms with van der Waals surface area (Å²) in [6.45, 7) is 2.11. The summed E-state index contributed by atoms with van der Waals surface area (Å²) in [5.41, 5.74) is 1.87. The molecule has 1 atom stereocenters. The lowest BCUT2D eigenvalue weighted by Gasteiger charge is -2.33. The highest BCUT2D eigenvalue weighted by Crippen LogP contribution is 2.28. The van der Waals surface area contributed by atoms with E-state index >= 15 is 0 Å². The lowest BCUT2D eigenvalue weighted by atomic mass is 10.0. The first-order valence-corrected chi connectivity index (χ1v) is 15.7. The van der Waals surface area contributed by atoms with Crippen LogP contribution < -0.4 is 9.62 Å². The molecule has 0 saturated heterocycles. The average molecular weight is 635 g/mol. The van der Waals surface area contributed by atoms with E-state index in [0.717, 1.165) is 39.0 Å². The van der Waals surface area contributed by atoms with Crippen molar-refractivity contribution < 1.29 is 18.0 Å². The van der Waals surface area contributed by atoms with Gasteiger partial charge in [0.1, 0.15) is 12.6 Å². The van der Waals surface area contributed by atoms with Crippen molar-refractivity contribution in [3.63, 3.8) is 0 Å². The smallest absolute Gasteiger partial charge is 0.244 e. The second-order valence-corrected chi connectivity index (χ2v) is 12.5. The van der Waals surface area contributed by atoms with Gasteiger partial charge in [-0.1, -0.05) is 95.5 Å². The Hall–Kier alpha value is -2.88. The molecule has 0 aliphatic carbocycles. The molecule has 0 fully saturated rings. The Morgan fingerprint density at radius 2 is 1.64 bits per heavy atom. The topological polar surface area (TPSA) is 86.8 Å². The van der Waals surface area contributed by atoms with Crippen molar-refractivity contribution in [2.45, 2.75) is 38.8 Å². The summed E-state index contributed by atoms with van der Waals surface area (Å²) in [5.74, 6) is -0.814. The predicted molar refractivity (Wildman–Crippen MR) is 160 cm³/mol. The maximum Gasteiger partial charge on any atom is 0.244 e. The highest BCUT2D eigenvalue weighted by Gasteiger charge is 2.33. The van der Waals surface area contributed by atoms with E-state index in [4.69, 9.17) is 11.6 Å². The van der Waals surface area contributed by atoms with Crippen LogP contribution in [0.15, 0.2) is 83.3 Å². The van der Waals surface area contributed by atoms with E-state index in [1.165, 1.54) is 4.90 Å². The van der Waals surface area contributed by atoms with Crippen LogP contribution in [0.25, 0.3) is 0 Å². The van der Waals surface area contributed by atoms with Gasteiger partial charge in [0.15, 0.2) is 0 Å². The Morgan fingerprint density at radius 1 is 0.974 bits per heavy atom. The number of nitrogens with one attached hydrogen (secondary N) is 1. The van der Waals surface area contributed by atoms with Gasteiger partial charge in [-0.2, -0.15) is 0 Å². The molecule has 0 aliphatic heterocycles. The summed E-state index contributed by atoms with van der Waals surface area (Å²) >= 11 is 9.80. The van der Waals surface area contributed by atoms with Gasteiger partial charge in [0.2, 0.25) is 21.8 Å². The molecule has 2 amide bonds. The number of anilines is 1. The van der Waals surface area contributed by atoms with E-state index in [1.54, 1.807) is 24.3 Å². The van der Waals surface area contributed by atoms with E-state index in [2.05, 4.69) is 21.2 Å². The van der Waals surface area contributed by atoms with Crippen LogP contribution >= 0.6 is 27.5 Å². The van der Waals surface area contributed by atoms with Crippen LogP contribution in [-0.4, -0.2) is 50.5 Å². The Morgan fingerprint density at radius 3 is 2.28 bits per heavy atom. The fourth-order valence-corrected chi connectivity index (χ4v) is 5.74. The van der Waals surface area contributed by atoms with Crippen molar-refractivity contribution in [2.24, 2.45) is 0 Å². The van der Waals surface area contributed by atoms with Crippen molar-refractivity contribution in [3.8, 4) is 0 Å². The molecule has 0 spiro atoms. The second kappa shape index (κ2) is 14.5. The number of benzene rings is 3. The number of hydrogen-bond donors (Lipinski definition) is 1. The number of hydrogen-bond acceptors (Lipinski definition) is 4. The van der Waals surface area contributed by atoms with Crippen molar-refractivity contribution in [1.82, 2.24) is 10.2 Å². The number of amides is 2. The molecule has 0 radical (unpaired) electrons. The normalized spacial score (nSPS) is 12.0. The van der Waals surface area contributed by atoms with Gasteiger partial charge in [-0.3, -0.25) is 13.9 Å². The number of unbranched alkanes of at least 4 members (excludes halogenated alkanes) is 1. The van der Waals surface area contributed by atoms with Gasteiger partial charge in [-0.05, 0) is 41.8 Å². The zero-order valence-corrected chi connectivity index (χ0v) is 25.2. The van der Waals surface area contributed by atoms with E-state index in [-0.39, 0.29) is 29.6 Å². The highest BCUT2D eigenvalue weighted by atomic mass is 79.9. The minimum atomic E-state index is -3.88. The van der Waals surface area contributed by atoms with Crippen LogP contribution in [0.3, 0.4) is 0 Å². The molecule has 1 N–H and O–H groups in total. The first-order chi connectivity index (χ1) is 18.6. The number of rotatable bonds is 13. The molecule has 0 unspecified atom stereocenters. The number of carbonyl (C=O) groups excluding carboxylic acids is 2. The summed E-state index contributed by atoms with van der Waals surface area (Å²) in [5, 5.41) is 3.17. The molecule has 39 heavy (non-hydrogen) atoms. The third-order valence-corrected chi connectivity index (χ3v) is 8.08. The molecule has 0 aliphatic rings. The fraction of sp³-hybridized carbons (Fsp3) is 0.310. The number of nitrogens with zero attached hydrogens (tertiary/aromatic N) is 2. The van der Waals surface area contributed by atoms with Gasteiger partial charge in [-0.15, -0.1) is 0 Å². The number of halogens is 2. The average Bonchev–Trinajstić information content (AvgIpc) is 2.90. The van der Waals surface area contributed by atoms with Crippen LogP contribution in [0, 0.1) is 0 Å². The van der Waals surface area contributed by atoms with Crippen molar-refractivity contribution in [1.29, 1.82) is 0 Å². The van der Waals surface area contributed by atoms with Crippen LogP contribution in [0.1, 0.15) is 30.9 Å². The van der Waals surface area contributed by atoms with Gasteiger partial charge in [0.25, 0.3) is 0 Å². The van der Waals surface area contributed by atoms with Crippen LogP contribution in [0.4, 0.5) is 5.69 Å². The second-order valence-electron chi connectivity index (χ2n) is 9.22. The molecule has 3 rings (SSSR count).